The summed E-state index contributed by atoms with van der Waals surface area (Å²) in [7, 11) is 3.28. The molecule has 0 unspecified atom stereocenters. The van der Waals surface area contributed by atoms with E-state index in [1.165, 1.54) is 7.11 Å². The number of aryl methyl sites for hydroxylation is 1. The molecule has 0 fully saturated rings. The molecule has 0 saturated heterocycles. The molecule has 1 amide bonds. The number of hydrogen-bond acceptors (Lipinski definition) is 4. The molecule has 0 bridgehead atoms. The number of hydrogen-bond donors (Lipinski definition) is 2. The third-order valence-corrected chi connectivity index (χ3v) is 2.48. The zero-order valence-corrected chi connectivity index (χ0v) is 9.81. The number of ether oxygens (including phenoxy) is 1. The van der Waals surface area contributed by atoms with E-state index in [1.54, 1.807) is 10.6 Å². The van der Waals surface area contributed by atoms with Crippen molar-refractivity contribution in [1.29, 1.82) is 0 Å². The molecule has 17 heavy (non-hydrogen) atoms. The predicted molar refractivity (Wildman–Crippen MR) is 61.0 cm³/mol. The van der Waals surface area contributed by atoms with Crippen LogP contribution in [0.25, 0.3) is 0 Å². The van der Waals surface area contributed by atoms with Crippen molar-refractivity contribution in [3.8, 4) is 6.01 Å². The molecule has 2 heterocycles. The van der Waals surface area contributed by atoms with E-state index in [0.717, 1.165) is 5.69 Å². The number of methoxy groups -OCH3 is 1. The SMILES string of the molecule is COc1n[nH]c(NC(=O)c2ccc(C)n2C)n1. The van der Waals surface area contributed by atoms with E-state index in [-0.39, 0.29) is 17.9 Å². The summed E-state index contributed by atoms with van der Waals surface area (Å²) >= 11 is 0. The molecule has 2 rings (SSSR count). The largest absolute Gasteiger partial charge is 0.466 e. The molecular weight excluding hydrogens is 222 g/mol. The molecule has 0 atom stereocenters. The van der Waals surface area contributed by atoms with E-state index >= 15 is 0 Å². The number of nitrogens with zero attached hydrogens (tertiary/aromatic N) is 3. The van der Waals surface area contributed by atoms with Crippen molar-refractivity contribution >= 4 is 11.9 Å². The van der Waals surface area contributed by atoms with E-state index in [1.807, 2.05) is 20.0 Å². The lowest BCUT2D eigenvalue weighted by atomic mass is 10.4. The zero-order valence-electron chi connectivity index (χ0n) is 9.81. The molecular formula is C10H13N5O2. The van der Waals surface area contributed by atoms with Gasteiger partial charge in [-0.05, 0) is 19.1 Å². The molecule has 0 aliphatic heterocycles. The Kier molecular flexibility index (Phi) is 2.82. The highest BCUT2D eigenvalue weighted by molar-refractivity contribution is 6.02. The Balaban J connectivity index is 2.14. The fraction of sp³-hybridized carbons (Fsp3) is 0.300. The van der Waals surface area contributed by atoms with Crippen molar-refractivity contribution in [2.45, 2.75) is 6.92 Å². The third-order valence-electron chi connectivity index (χ3n) is 2.48. The lowest BCUT2D eigenvalue weighted by molar-refractivity contribution is 0.101. The second kappa shape index (κ2) is 4.28. The van der Waals surface area contributed by atoms with E-state index in [9.17, 15) is 4.79 Å². The maximum Gasteiger partial charge on any atom is 0.336 e. The summed E-state index contributed by atoms with van der Waals surface area (Å²) < 4.78 is 6.59. The molecule has 2 aromatic rings. The minimum Gasteiger partial charge on any atom is -0.466 e. The van der Waals surface area contributed by atoms with Crippen LogP contribution in [-0.2, 0) is 7.05 Å². The Morgan fingerprint density at radius 2 is 2.29 bits per heavy atom. The van der Waals surface area contributed by atoms with Gasteiger partial charge in [-0.2, -0.15) is 4.98 Å². The number of carbonyl (C=O) groups is 1. The number of nitrogens with one attached hydrogen (secondary N) is 2. The summed E-state index contributed by atoms with van der Waals surface area (Å²) in [6, 6.07) is 3.80. The number of aromatic nitrogens is 4. The highest BCUT2D eigenvalue weighted by atomic mass is 16.5. The predicted octanol–water partition coefficient (Wildman–Crippen LogP) is 0.713. The smallest absolute Gasteiger partial charge is 0.336 e. The van der Waals surface area contributed by atoms with Gasteiger partial charge in [0.05, 0.1) is 7.11 Å². The van der Waals surface area contributed by atoms with Crippen LogP contribution in [-0.4, -0.2) is 32.8 Å². The molecule has 0 aliphatic rings. The molecule has 7 nitrogen and oxygen atoms in total. The minimum absolute atomic E-state index is 0.184. The van der Waals surface area contributed by atoms with E-state index in [4.69, 9.17) is 4.74 Å². The standard InChI is InChI=1S/C10H13N5O2/c1-6-4-5-7(15(6)2)8(16)11-9-12-10(17-3)14-13-9/h4-5H,1-3H3,(H2,11,12,13,14,16). The molecule has 2 aromatic heterocycles. The number of carbonyl (C=O) groups excluding carboxylic acids is 1. The molecule has 0 spiro atoms. The average Bonchev–Trinajstić information content (AvgIpc) is 2.88. The molecule has 0 saturated carbocycles. The topological polar surface area (TPSA) is 84.8 Å². The fourth-order valence-electron chi connectivity index (χ4n) is 1.41. The number of H-pyrrole nitrogens is 1. The maximum absolute atomic E-state index is 11.9. The minimum atomic E-state index is -0.251. The van der Waals surface area contributed by atoms with E-state index < -0.39 is 0 Å². The summed E-state index contributed by atoms with van der Waals surface area (Å²) in [6.45, 7) is 1.92. The second-order valence-electron chi connectivity index (χ2n) is 3.54. The number of aromatic amines is 1. The van der Waals surface area contributed by atoms with Crippen molar-refractivity contribution in [2.24, 2.45) is 7.05 Å². The summed E-state index contributed by atoms with van der Waals surface area (Å²) in [6.07, 6.45) is 0. The first-order valence-corrected chi connectivity index (χ1v) is 5.02. The van der Waals surface area contributed by atoms with Crippen LogP contribution < -0.4 is 10.1 Å². The van der Waals surface area contributed by atoms with Gasteiger partial charge in [-0.3, -0.25) is 10.1 Å². The molecule has 2 N–H and O–H groups in total. The van der Waals surface area contributed by atoms with Gasteiger partial charge in [0, 0.05) is 12.7 Å². The Morgan fingerprint density at radius 3 is 2.82 bits per heavy atom. The Hall–Kier alpha value is -2.31. The van der Waals surface area contributed by atoms with Crippen LogP contribution in [0.3, 0.4) is 0 Å². The first kappa shape index (κ1) is 11.2. The van der Waals surface area contributed by atoms with Crippen molar-refractivity contribution in [1.82, 2.24) is 19.7 Å². The van der Waals surface area contributed by atoms with Gasteiger partial charge < -0.3 is 9.30 Å². The first-order valence-electron chi connectivity index (χ1n) is 5.02. The van der Waals surface area contributed by atoms with E-state index in [0.29, 0.717) is 5.69 Å². The molecule has 0 aromatic carbocycles. The Bertz CT molecular complexity index is 543. The molecule has 7 heteroatoms. The fourth-order valence-corrected chi connectivity index (χ4v) is 1.41. The maximum atomic E-state index is 11.9. The van der Waals surface area contributed by atoms with Gasteiger partial charge >= 0.3 is 6.01 Å². The normalized spacial score (nSPS) is 10.3. The van der Waals surface area contributed by atoms with Crippen LogP contribution in [0.15, 0.2) is 12.1 Å². The number of amides is 1. The van der Waals surface area contributed by atoms with Crippen molar-refractivity contribution < 1.29 is 9.53 Å². The van der Waals surface area contributed by atoms with E-state index in [2.05, 4.69) is 20.5 Å². The lowest BCUT2D eigenvalue weighted by Gasteiger charge is -2.04. The second-order valence-corrected chi connectivity index (χ2v) is 3.54. The first-order chi connectivity index (χ1) is 8.11. The molecule has 0 radical (unpaired) electrons. The van der Waals surface area contributed by atoms with Gasteiger partial charge in [0.15, 0.2) is 0 Å². The highest BCUT2D eigenvalue weighted by Gasteiger charge is 2.13. The zero-order chi connectivity index (χ0) is 12.4. The van der Waals surface area contributed by atoms with Crippen LogP contribution in [0.5, 0.6) is 6.01 Å². The summed E-state index contributed by atoms with van der Waals surface area (Å²) in [5.74, 6) is 0.00473. The summed E-state index contributed by atoms with van der Waals surface area (Å²) in [5, 5.41) is 8.88. The lowest BCUT2D eigenvalue weighted by Crippen LogP contribution is -2.16. The van der Waals surface area contributed by atoms with Crippen LogP contribution >= 0.6 is 0 Å². The van der Waals surface area contributed by atoms with Crippen LogP contribution in [0.2, 0.25) is 0 Å². The highest BCUT2D eigenvalue weighted by Crippen LogP contribution is 2.09. The van der Waals surface area contributed by atoms with Gasteiger partial charge in [-0.25, -0.2) is 5.10 Å². The van der Waals surface area contributed by atoms with Crippen molar-refractivity contribution in [3.05, 3.63) is 23.5 Å². The van der Waals surface area contributed by atoms with Gasteiger partial charge in [0.1, 0.15) is 5.69 Å². The van der Waals surface area contributed by atoms with Gasteiger partial charge in [-0.1, -0.05) is 0 Å². The van der Waals surface area contributed by atoms with Gasteiger partial charge in [0.2, 0.25) is 5.95 Å². The Labute approximate surface area is 97.8 Å². The third kappa shape index (κ3) is 2.12. The number of rotatable bonds is 3. The van der Waals surface area contributed by atoms with Crippen LogP contribution in [0.4, 0.5) is 5.95 Å². The molecule has 90 valence electrons. The quantitative estimate of drug-likeness (QED) is 0.820. The number of anilines is 1. The molecule has 0 aliphatic carbocycles. The van der Waals surface area contributed by atoms with Crippen LogP contribution in [0, 0.1) is 6.92 Å². The monoisotopic (exact) mass is 235 g/mol. The van der Waals surface area contributed by atoms with Crippen LogP contribution in [0.1, 0.15) is 16.2 Å². The van der Waals surface area contributed by atoms with Crippen molar-refractivity contribution in [2.75, 3.05) is 12.4 Å². The van der Waals surface area contributed by atoms with Gasteiger partial charge in [0.25, 0.3) is 5.91 Å². The average molecular weight is 235 g/mol. The summed E-state index contributed by atoms with van der Waals surface area (Å²) in [4.78, 5) is 15.8. The van der Waals surface area contributed by atoms with Crippen molar-refractivity contribution in [3.63, 3.8) is 0 Å². The Morgan fingerprint density at radius 1 is 1.53 bits per heavy atom. The van der Waals surface area contributed by atoms with Gasteiger partial charge in [-0.15, -0.1) is 5.10 Å². The summed E-state index contributed by atoms with van der Waals surface area (Å²) in [5.41, 5.74) is 1.56.